The van der Waals surface area contributed by atoms with E-state index in [-0.39, 0.29) is 0 Å². The number of nitrogens with zero attached hydrogens (tertiary/aromatic N) is 1. The standard InChI is InChI=1S/C13H20N2/c1-11(14)6-8-15-9-7-12-4-2-3-5-13(12)10-15/h2-5,11H,6-10,14H2,1H3/t11-/m0/s1. The molecule has 2 nitrogen and oxygen atoms in total. The van der Waals surface area contributed by atoms with Crippen molar-refractivity contribution in [3.8, 4) is 0 Å². The van der Waals surface area contributed by atoms with Crippen LogP contribution in [0.15, 0.2) is 24.3 Å². The summed E-state index contributed by atoms with van der Waals surface area (Å²) in [7, 11) is 0. The Morgan fingerprint density at radius 3 is 2.80 bits per heavy atom. The molecule has 1 atom stereocenters. The van der Waals surface area contributed by atoms with E-state index < -0.39 is 0 Å². The van der Waals surface area contributed by atoms with Crippen molar-refractivity contribution in [2.45, 2.75) is 32.4 Å². The summed E-state index contributed by atoms with van der Waals surface area (Å²) in [4.78, 5) is 2.51. The van der Waals surface area contributed by atoms with Crippen LogP contribution in [0.4, 0.5) is 0 Å². The Balaban J connectivity index is 1.94. The van der Waals surface area contributed by atoms with Gasteiger partial charge in [0.25, 0.3) is 0 Å². The highest BCUT2D eigenvalue weighted by Gasteiger charge is 2.15. The molecule has 0 amide bonds. The zero-order chi connectivity index (χ0) is 10.7. The minimum atomic E-state index is 0.321. The zero-order valence-corrected chi connectivity index (χ0v) is 9.45. The summed E-state index contributed by atoms with van der Waals surface area (Å²) in [6, 6.07) is 9.08. The second-order valence-electron chi connectivity index (χ2n) is 4.56. The highest BCUT2D eigenvalue weighted by atomic mass is 15.1. The van der Waals surface area contributed by atoms with Gasteiger partial charge in [-0.2, -0.15) is 0 Å². The largest absolute Gasteiger partial charge is 0.328 e. The average Bonchev–Trinajstić information content (AvgIpc) is 2.26. The van der Waals surface area contributed by atoms with Gasteiger partial charge < -0.3 is 5.73 Å². The van der Waals surface area contributed by atoms with Crippen LogP contribution in [-0.4, -0.2) is 24.0 Å². The molecule has 2 heteroatoms. The lowest BCUT2D eigenvalue weighted by atomic mass is 10.00. The van der Waals surface area contributed by atoms with Crippen molar-refractivity contribution in [3.05, 3.63) is 35.4 Å². The first kappa shape index (κ1) is 10.7. The summed E-state index contributed by atoms with van der Waals surface area (Å²) in [5, 5.41) is 0. The average molecular weight is 204 g/mol. The van der Waals surface area contributed by atoms with Gasteiger partial charge in [-0.1, -0.05) is 24.3 Å². The Bertz CT molecular complexity index is 320. The van der Waals surface area contributed by atoms with Crippen molar-refractivity contribution >= 4 is 0 Å². The van der Waals surface area contributed by atoms with Gasteiger partial charge >= 0.3 is 0 Å². The molecule has 1 aromatic carbocycles. The fraction of sp³-hybridized carbons (Fsp3) is 0.538. The molecule has 0 aliphatic carbocycles. The van der Waals surface area contributed by atoms with Gasteiger partial charge in [-0.15, -0.1) is 0 Å². The summed E-state index contributed by atoms with van der Waals surface area (Å²) in [6.07, 6.45) is 2.29. The monoisotopic (exact) mass is 204 g/mol. The van der Waals surface area contributed by atoms with Gasteiger partial charge in [-0.25, -0.2) is 0 Å². The molecule has 1 aliphatic heterocycles. The fourth-order valence-electron chi connectivity index (χ4n) is 2.13. The normalized spacial score (nSPS) is 18.5. The van der Waals surface area contributed by atoms with Crippen LogP contribution in [-0.2, 0) is 13.0 Å². The van der Waals surface area contributed by atoms with Crippen molar-refractivity contribution in [1.29, 1.82) is 0 Å². The van der Waals surface area contributed by atoms with E-state index in [1.165, 1.54) is 24.1 Å². The maximum atomic E-state index is 5.78. The number of hydrogen-bond donors (Lipinski definition) is 1. The van der Waals surface area contributed by atoms with Crippen molar-refractivity contribution in [1.82, 2.24) is 4.90 Å². The van der Waals surface area contributed by atoms with Gasteiger partial charge in [0.05, 0.1) is 0 Å². The number of benzene rings is 1. The summed E-state index contributed by atoms with van der Waals surface area (Å²) in [5.41, 5.74) is 8.79. The number of nitrogens with two attached hydrogens (primary N) is 1. The van der Waals surface area contributed by atoms with Gasteiger partial charge in [0, 0.05) is 19.1 Å². The molecule has 2 rings (SSSR count). The van der Waals surface area contributed by atoms with E-state index in [1.54, 1.807) is 0 Å². The molecule has 1 aliphatic rings. The summed E-state index contributed by atoms with van der Waals surface area (Å²) >= 11 is 0. The molecule has 15 heavy (non-hydrogen) atoms. The highest BCUT2D eigenvalue weighted by molar-refractivity contribution is 5.28. The van der Waals surface area contributed by atoms with Crippen LogP contribution in [0.2, 0.25) is 0 Å². The first-order valence-corrected chi connectivity index (χ1v) is 5.80. The molecule has 0 bridgehead atoms. The van der Waals surface area contributed by atoms with E-state index in [0.717, 1.165) is 19.5 Å². The summed E-state index contributed by atoms with van der Waals surface area (Å²) < 4.78 is 0. The number of fused-ring (bicyclic) bond motifs is 1. The van der Waals surface area contributed by atoms with Crippen LogP contribution in [0.3, 0.4) is 0 Å². The molecule has 0 saturated heterocycles. The predicted molar refractivity (Wildman–Crippen MR) is 63.7 cm³/mol. The fourth-order valence-corrected chi connectivity index (χ4v) is 2.13. The maximum Gasteiger partial charge on any atom is 0.0236 e. The Hall–Kier alpha value is -0.860. The van der Waals surface area contributed by atoms with Gasteiger partial charge in [0.15, 0.2) is 0 Å². The molecule has 0 aromatic heterocycles. The van der Waals surface area contributed by atoms with Gasteiger partial charge in [-0.3, -0.25) is 4.90 Å². The lowest BCUT2D eigenvalue weighted by molar-refractivity contribution is 0.246. The lowest BCUT2D eigenvalue weighted by Crippen LogP contribution is -2.33. The van der Waals surface area contributed by atoms with E-state index >= 15 is 0 Å². The Labute approximate surface area is 92.1 Å². The summed E-state index contributed by atoms with van der Waals surface area (Å²) in [6.45, 7) is 5.50. The third kappa shape index (κ3) is 2.80. The molecule has 82 valence electrons. The second kappa shape index (κ2) is 4.77. The van der Waals surface area contributed by atoms with Crippen LogP contribution in [0, 0.1) is 0 Å². The van der Waals surface area contributed by atoms with Crippen molar-refractivity contribution in [3.63, 3.8) is 0 Å². The van der Waals surface area contributed by atoms with Crippen molar-refractivity contribution in [2.24, 2.45) is 5.73 Å². The molecular formula is C13H20N2. The quantitative estimate of drug-likeness (QED) is 0.813. The van der Waals surface area contributed by atoms with E-state index in [4.69, 9.17) is 5.73 Å². The Morgan fingerprint density at radius 1 is 1.33 bits per heavy atom. The molecule has 1 aromatic rings. The van der Waals surface area contributed by atoms with Gasteiger partial charge in [0.2, 0.25) is 0 Å². The smallest absolute Gasteiger partial charge is 0.0236 e. The van der Waals surface area contributed by atoms with E-state index in [9.17, 15) is 0 Å². The van der Waals surface area contributed by atoms with E-state index in [1.807, 2.05) is 0 Å². The molecule has 0 saturated carbocycles. The minimum absolute atomic E-state index is 0.321. The van der Waals surface area contributed by atoms with E-state index in [0.29, 0.717) is 6.04 Å². The Morgan fingerprint density at radius 2 is 2.07 bits per heavy atom. The van der Waals surface area contributed by atoms with Crippen LogP contribution in [0.5, 0.6) is 0 Å². The molecular weight excluding hydrogens is 184 g/mol. The maximum absolute atomic E-state index is 5.78. The van der Waals surface area contributed by atoms with E-state index in [2.05, 4.69) is 36.1 Å². The SMILES string of the molecule is C[C@H](N)CCN1CCc2ccccc2C1. The van der Waals surface area contributed by atoms with Crippen LogP contribution >= 0.6 is 0 Å². The highest BCUT2D eigenvalue weighted by Crippen LogP contribution is 2.18. The minimum Gasteiger partial charge on any atom is -0.328 e. The van der Waals surface area contributed by atoms with Crippen LogP contribution in [0.25, 0.3) is 0 Å². The Kier molecular flexibility index (Phi) is 3.39. The first-order chi connectivity index (χ1) is 7.25. The molecule has 1 heterocycles. The molecule has 0 spiro atoms. The summed E-state index contributed by atoms with van der Waals surface area (Å²) in [5.74, 6) is 0. The molecule has 0 fully saturated rings. The lowest BCUT2D eigenvalue weighted by Gasteiger charge is -2.29. The third-order valence-electron chi connectivity index (χ3n) is 3.11. The third-order valence-corrected chi connectivity index (χ3v) is 3.11. The van der Waals surface area contributed by atoms with Crippen LogP contribution < -0.4 is 5.73 Å². The number of rotatable bonds is 3. The first-order valence-electron chi connectivity index (χ1n) is 5.80. The van der Waals surface area contributed by atoms with Crippen LogP contribution in [0.1, 0.15) is 24.5 Å². The van der Waals surface area contributed by atoms with Gasteiger partial charge in [-0.05, 0) is 37.4 Å². The predicted octanol–water partition coefficient (Wildman–Crippen LogP) is 1.78. The van der Waals surface area contributed by atoms with Crippen molar-refractivity contribution in [2.75, 3.05) is 13.1 Å². The molecule has 0 unspecified atom stereocenters. The zero-order valence-electron chi connectivity index (χ0n) is 9.45. The van der Waals surface area contributed by atoms with Crippen molar-refractivity contribution < 1.29 is 0 Å². The topological polar surface area (TPSA) is 29.3 Å². The number of hydrogen-bond acceptors (Lipinski definition) is 2. The second-order valence-corrected chi connectivity index (χ2v) is 4.56. The molecule has 0 radical (unpaired) electrons. The van der Waals surface area contributed by atoms with Gasteiger partial charge in [0.1, 0.15) is 0 Å². The molecule has 2 N–H and O–H groups in total.